The van der Waals surface area contributed by atoms with E-state index >= 15 is 0 Å². The van der Waals surface area contributed by atoms with Crippen molar-refractivity contribution in [2.75, 3.05) is 6.61 Å². The van der Waals surface area contributed by atoms with Crippen LogP contribution in [0.25, 0.3) is 0 Å². The Hall–Kier alpha value is -0.198. The summed E-state index contributed by atoms with van der Waals surface area (Å²) < 4.78 is 4.36. The summed E-state index contributed by atoms with van der Waals surface area (Å²) >= 11 is 0. The topological polar surface area (TPSA) is 82.4 Å². The minimum atomic E-state index is -0.854. The molecule has 0 aromatic rings. The van der Waals surface area contributed by atoms with E-state index in [1.807, 2.05) is 0 Å². The third-order valence-corrected chi connectivity index (χ3v) is 0.703. The molecular weight excluding hydrogens is 374 g/mol. The smallest absolute Gasteiger partial charge is 0.197 e. The van der Waals surface area contributed by atoms with Gasteiger partial charge in [0.15, 0.2) is 5.97 Å². The van der Waals surface area contributed by atoms with Crippen molar-refractivity contribution in [3.05, 3.63) is 6.04 Å². The standard InChI is InChI=1S/C5H7N2O3.U/c1-2-10-5(8)4(3-6)7-9;/h7,9H,2H2,1H3;/q-1;. The zero-order valence-corrected chi connectivity index (χ0v) is 10.1. The Morgan fingerprint density at radius 1 is 1.91 bits per heavy atom. The van der Waals surface area contributed by atoms with Crippen molar-refractivity contribution in [2.24, 2.45) is 0 Å². The van der Waals surface area contributed by atoms with Gasteiger partial charge in [-0.2, -0.15) is 0 Å². The van der Waals surface area contributed by atoms with E-state index in [4.69, 9.17) is 10.5 Å². The predicted molar refractivity (Wildman–Crippen MR) is 30.4 cm³/mol. The average Bonchev–Trinajstić information content (AvgIpc) is 1.91. The summed E-state index contributed by atoms with van der Waals surface area (Å²) in [5.41, 5.74) is 1.42. The van der Waals surface area contributed by atoms with Crippen molar-refractivity contribution in [2.45, 2.75) is 6.92 Å². The molecule has 0 aliphatic heterocycles. The number of nitriles is 1. The van der Waals surface area contributed by atoms with Gasteiger partial charge in [0.05, 0.1) is 6.61 Å². The molecule has 0 radical (unpaired) electrons. The number of carbonyl (C=O) groups is 1. The Kier molecular flexibility index (Phi) is 9.63. The third kappa shape index (κ3) is 5.11. The van der Waals surface area contributed by atoms with Crippen LogP contribution in [-0.4, -0.2) is 17.8 Å². The third-order valence-electron chi connectivity index (χ3n) is 0.703. The molecule has 2 N–H and O–H groups in total. The van der Waals surface area contributed by atoms with E-state index in [0.717, 1.165) is 0 Å². The number of hydrogen-bond acceptors (Lipinski definition) is 5. The molecule has 0 amide bonds. The van der Waals surface area contributed by atoms with Gasteiger partial charge in [-0.3, -0.25) is 4.79 Å². The number of carbonyl (C=O) groups excluding carboxylic acids is 1. The quantitative estimate of drug-likeness (QED) is 0.395. The average molecular weight is 381 g/mol. The van der Waals surface area contributed by atoms with Crippen molar-refractivity contribution in [3.8, 4) is 6.07 Å². The van der Waals surface area contributed by atoms with Crippen LogP contribution in [0.4, 0.5) is 0 Å². The normalized spacial score (nSPS) is 7.36. The van der Waals surface area contributed by atoms with E-state index in [1.54, 1.807) is 6.92 Å². The molecule has 11 heavy (non-hydrogen) atoms. The summed E-state index contributed by atoms with van der Waals surface area (Å²) in [4.78, 5) is 10.5. The van der Waals surface area contributed by atoms with Crippen LogP contribution >= 0.6 is 0 Å². The molecule has 0 saturated heterocycles. The van der Waals surface area contributed by atoms with Gasteiger partial charge in [-0.1, -0.05) is 12.1 Å². The number of nitrogens with one attached hydrogen (secondary N) is 1. The van der Waals surface area contributed by atoms with E-state index < -0.39 is 12.0 Å². The second kappa shape index (κ2) is 7.90. The molecule has 6 heteroatoms. The van der Waals surface area contributed by atoms with Crippen molar-refractivity contribution in [3.63, 3.8) is 0 Å². The molecule has 0 unspecified atom stereocenters. The summed E-state index contributed by atoms with van der Waals surface area (Å²) in [5, 5.41) is 16.2. The molecule has 0 bridgehead atoms. The van der Waals surface area contributed by atoms with Gasteiger partial charge in [0, 0.05) is 31.1 Å². The Morgan fingerprint density at radius 2 is 2.45 bits per heavy atom. The minimum Gasteiger partial charge on any atom is -0.486 e. The van der Waals surface area contributed by atoms with Gasteiger partial charge in [0.2, 0.25) is 0 Å². The van der Waals surface area contributed by atoms with Gasteiger partial charge in [-0.15, -0.1) is 0 Å². The summed E-state index contributed by atoms with van der Waals surface area (Å²) in [6, 6.07) is 0.905. The van der Waals surface area contributed by atoms with E-state index in [0.29, 0.717) is 0 Å². The molecule has 0 fully saturated rings. The summed E-state index contributed by atoms with van der Waals surface area (Å²) in [6.07, 6.45) is 0. The van der Waals surface area contributed by atoms with Crippen LogP contribution in [0, 0.1) is 48.5 Å². The van der Waals surface area contributed by atoms with Gasteiger partial charge >= 0.3 is 0 Å². The van der Waals surface area contributed by atoms with E-state index in [9.17, 15) is 4.79 Å². The number of hydrogen-bond donors (Lipinski definition) is 2. The molecule has 0 atom stereocenters. The SMILES string of the molecule is CCOC(=O)[C-](C#N)NO.[U]. The number of nitrogens with zero attached hydrogens (tertiary/aromatic N) is 1. The maximum absolute atomic E-state index is 10.5. The fraction of sp³-hybridized carbons (Fsp3) is 0.400. The monoisotopic (exact) mass is 381 g/mol. The molecular formula is C5H7N2O3U-. The molecule has 0 aromatic carbocycles. The van der Waals surface area contributed by atoms with Crippen LogP contribution < -0.4 is 5.48 Å². The van der Waals surface area contributed by atoms with Gasteiger partial charge in [0.1, 0.15) is 0 Å². The molecule has 0 aliphatic rings. The Bertz CT molecular complexity index is 156. The van der Waals surface area contributed by atoms with Gasteiger partial charge < -0.3 is 15.4 Å². The molecule has 60 valence electrons. The van der Waals surface area contributed by atoms with Crippen LogP contribution in [0.2, 0.25) is 0 Å². The van der Waals surface area contributed by atoms with Crippen molar-refractivity contribution in [1.29, 1.82) is 5.26 Å². The molecule has 0 saturated carbocycles. The van der Waals surface area contributed by atoms with Gasteiger partial charge in [-0.05, 0) is 6.92 Å². The molecule has 0 heterocycles. The first-order valence-corrected chi connectivity index (χ1v) is 2.60. The largest absolute Gasteiger partial charge is 0.486 e. The number of esters is 1. The molecule has 0 aromatic heterocycles. The summed E-state index contributed by atoms with van der Waals surface area (Å²) in [5.74, 6) is -0.854. The van der Waals surface area contributed by atoms with Crippen molar-refractivity contribution < 1.29 is 45.9 Å². The molecule has 0 rings (SSSR count). The molecule has 5 nitrogen and oxygen atoms in total. The second-order valence-electron chi connectivity index (χ2n) is 1.32. The number of rotatable bonds is 3. The summed E-state index contributed by atoms with van der Waals surface area (Å²) in [6.45, 7) is 1.77. The van der Waals surface area contributed by atoms with E-state index in [-0.39, 0.29) is 37.7 Å². The predicted octanol–water partition coefficient (Wildman–Crippen LogP) is -0.416. The van der Waals surface area contributed by atoms with Crippen LogP contribution in [-0.2, 0) is 9.53 Å². The maximum atomic E-state index is 10.5. The Balaban J connectivity index is 0. The molecule has 0 spiro atoms. The van der Waals surface area contributed by atoms with E-state index in [1.165, 1.54) is 11.5 Å². The number of hydroxylamine groups is 1. The first-order valence-electron chi connectivity index (χ1n) is 2.60. The first kappa shape index (κ1) is 13.4. The molecule has 0 aliphatic carbocycles. The van der Waals surface area contributed by atoms with Crippen molar-refractivity contribution in [1.82, 2.24) is 5.48 Å². The minimum absolute atomic E-state index is 0. The zero-order valence-electron chi connectivity index (χ0n) is 5.92. The van der Waals surface area contributed by atoms with Gasteiger partial charge in [0.25, 0.3) is 0 Å². The Labute approximate surface area is 88.0 Å². The van der Waals surface area contributed by atoms with E-state index in [2.05, 4.69) is 4.74 Å². The van der Waals surface area contributed by atoms with Crippen molar-refractivity contribution >= 4 is 5.97 Å². The van der Waals surface area contributed by atoms with Crippen LogP contribution in [0.3, 0.4) is 0 Å². The van der Waals surface area contributed by atoms with Crippen LogP contribution in [0.1, 0.15) is 6.92 Å². The summed E-state index contributed by atoms with van der Waals surface area (Å²) in [7, 11) is 0. The van der Waals surface area contributed by atoms with Gasteiger partial charge in [-0.25, -0.2) is 5.26 Å². The fourth-order valence-corrected chi connectivity index (χ4v) is 0.320. The Morgan fingerprint density at radius 3 is 2.73 bits per heavy atom. The second-order valence-corrected chi connectivity index (χ2v) is 1.32. The zero-order chi connectivity index (χ0) is 7.98. The van der Waals surface area contributed by atoms with Crippen LogP contribution in [0.5, 0.6) is 0 Å². The number of ether oxygens (including phenoxy) is 1. The fourth-order valence-electron chi connectivity index (χ4n) is 0.320. The first-order chi connectivity index (χ1) is 4.76. The maximum Gasteiger partial charge on any atom is 0.197 e. The van der Waals surface area contributed by atoms with Crippen LogP contribution in [0.15, 0.2) is 0 Å².